The van der Waals surface area contributed by atoms with Gasteiger partial charge in [0, 0.05) is 17.3 Å². The van der Waals surface area contributed by atoms with Gasteiger partial charge >= 0.3 is 0 Å². The Kier molecular flexibility index (Phi) is 5.27. The summed E-state index contributed by atoms with van der Waals surface area (Å²) in [7, 11) is 4.20. The van der Waals surface area contributed by atoms with Gasteiger partial charge in [-0.1, -0.05) is 29.8 Å². The predicted octanol–water partition coefficient (Wildman–Crippen LogP) is 4.67. The van der Waals surface area contributed by atoms with Crippen LogP contribution in [0.2, 0.25) is 5.02 Å². The Morgan fingerprint density at radius 1 is 1.00 bits per heavy atom. The van der Waals surface area contributed by atoms with Gasteiger partial charge in [-0.2, -0.15) is 0 Å². The molecule has 0 bridgehead atoms. The van der Waals surface area contributed by atoms with Crippen LogP contribution >= 0.6 is 11.6 Å². The Morgan fingerprint density at radius 2 is 1.67 bits per heavy atom. The molecular weight excluding hydrogens is 280 g/mol. The van der Waals surface area contributed by atoms with Crippen molar-refractivity contribution in [2.24, 2.45) is 0 Å². The first-order valence-corrected chi connectivity index (χ1v) is 7.58. The zero-order chi connectivity index (χ0) is 15.4. The molecule has 0 radical (unpaired) electrons. The fourth-order valence-corrected chi connectivity index (χ4v) is 2.48. The maximum absolute atomic E-state index is 5.97. The van der Waals surface area contributed by atoms with Crippen LogP contribution in [0.4, 0.5) is 5.69 Å². The summed E-state index contributed by atoms with van der Waals surface area (Å²) in [5.74, 6) is 0. The van der Waals surface area contributed by atoms with Gasteiger partial charge < -0.3 is 10.2 Å². The molecule has 0 aromatic heterocycles. The molecule has 1 unspecified atom stereocenters. The van der Waals surface area contributed by atoms with Crippen molar-refractivity contribution < 1.29 is 0 Å². The Hall–Kier alpha value is -1.51. The lowest BCUT2D eigenvalue weighted by molar-refractivity contribution is 0.312. The van der Waals surface area contributed by atoms with Crippen LogP contribution in [0.5, 0.6) is 0 Å². The van der Waals surface area contributed by atoms with Gasteiger partial charge in [-0.15, -0.1) is 0 Å². The van der Waals surface area contributed by atoms with E-state index in [9.17, 15) is 0 Å². The van der Waals surface area contributed by atoms with Crippen molar-refractivity contribution in [3.05, 3.63) is 64.2 Å². The molecule has 2 aromatic rings. The maximum atomic E-state index is 5.97. The molecule has 2 aromatic carbocycles. The highest BCUT2D eigenvalue weighted by atomic mass is 35.5. The number of nitrogens with zero attached hydrogens (tertiary/aromatic N) is 1. The molecule has 3 heteroatoms. The fourth-order valence-electron chi connectivity index (χ4n) is 2.35. The summed E-state index contributed by atoms with van der Waals surface area (Å²) in [5.41, 5.74) is 5.06. The van der Waals surface area contributed by atoms with Crippen molar-refractivity contribution in [3.8, 4) is 0 Å². The molecule has 0 amide bonds. The molecule has 0 aliphatic rings. The van der Waals surface area contributed by atoms with Crippen LogP contribution < -0.4 is 5.32 Å². The van der Waals surface area contributed by atoms with Crippen LogP contribution in [0.25, 0.3) is 0 Å². The molecule has 0 heterocycles. The van der Waals surface area contributed by atoms with Gasteiger partial charge in [0.15, 0.2) is 0 Å². The molecule has 21 heavy (non-hydrogen) atoms. The van der Waals surface area contributed by atoms with E-state index in [0.29, 0.717) is 6.04 Å². The molecule has 0 aliphatic heterocycles. The van der Waals surface area contributed by atoms with E-state index in [4.69, 9.17) is 11.6 Å². The summed E-state index contributed by atoms with van der Waals surface area (Å²) in [6.07, 6.45) is 0. The third kappa shape index (κ3) is 4.23. The van der Waals surface area contributed by atoms with E-state index in [1.807, 2.05) is 12.1 Å². The number of likely N-dealkylation sites (N-methyl/N-ethyl adjacent to an activating group) is 1. The van der Waals surface area contributed by atoms with Gasteiger partial charge in [-0.05, 0) is 68.9 Å². The molecule has 0 saturated carbocycles. The molecule has 112 valence electrons. The lowest BCUT2D eigenvalue weighted by Gasteiger charge is -2.25. The smallest absolute Gasteiger partial charge is 0.0515 e. The zero-order valence-electron chi connectivity index (χ0n) is 13.2. The van der Waals surface area contributed by atoms with Crippen molar-refractivity contribution >= 4 is 17.3 Å². The highest BCUT2D eigenvalue weighted by molar-refractivity contribution is 6.30. The molecule has 0 fully saturated rings. The lowest BCUT2D eigenvalue weighted by Crippen LogP contribution is -2.26. The van der Waals surface area contributed by atoms with E-state index in [1.165, 1.54) is 22.4 Å². The minimum absolute atomic E-state index is 0.309. The van der Waals surface area contributed by atoms with Crippen LogP contribution in [-0.4, -0.2) is 25.5 Å². The maximum Gasteiger partial charge on any atom is 0.0515 e. The Balaban J connectivity index is 2.09. The molecule has 0 spiro atoms. The topological polar surface area (TPSA) is 15.3 Å². The van der Waals surface area contributed by atoms with Crippen molar-refractivity contribution in [3.63, 3.8) is 0 Å². The van der Waals surface area contributed by atoms with Crippen molar-refractivity contribution in [2.75, 3.05) is 26.0 Å². The summed E-state index contributed by atoms with van der Waals surface area (Å²) < 4.78 is 0. The number of hydrogen-bond acceptors (Lipinski definition) is 2. The summed E-state index contributed by atoms with van der Waals surface area (Å²) in [5, 5.41) is 4.31. The number of anilines is 1. The number of benzene rings is 2. The number of hydrogen-bond donors (Lipinski definition) is 1. The predicted molar refractivity (Wildman–Crippen MR) is 92.3 cm³/mol. The number of halogens is 1. The lowest BCUT2D eigenvalue weighted by atomic mass is 10.1. The second-order valence-corrected chi connectivity index (χ2v) is 6.15. The first kappa shape index (κ1) is 15.9. The Labute approximate surface area is 132 Å². The summed E-state index contributed by atoms with van der Waals surface area (Å²) >= 11 is 5.97. The molecule has 1 N–H and O–H groups in total. The van der Waals surface area contributed by atoms with Gasteiger partial charge in [0.2, 0.25) is 0 Å². The highest BCUT2D eigenvalue weighted by Crippen LogP contribution is 2.22. The second kappa shape index (κ2) is 6.97. The van der Waals surface area contributed by atoms with Gasteiger partial charge in [-0.25, -0.2) is 0 Å². The van der Waals surface area contributed by atoms with Gasteiger partial charge in [-0.3, -0.25) is 0 Å². The van der Waals surface area contributed by atoms with Gasteiger partial charge in [0.1, 0.15) is 0 Å². The van der Waals surface area contributed by atoms with Crippen molar-refractivity contribution in [1.82, 2.24) is 4.90 Å². The summed E-state index contributed by atoms with van der Waals surface area (Å²) in [6.45, 7) is 5.13. The van der Waals surface area contributed by atoms with Gasteiger partial charge in [0.25, 0.3) is 0 Å². The normalized spacial score (nSPS) is 12.5. The van der Waals surface area contributed by atoms with E-state index in [-0.39, 0.29) is 0 Å². The van der Waals surface area contributed by atoms with Crippen LogP contribution in [0.1, 0.15) is 22.7 Å². The third-order valence-electron chi connectivity index (χ3n) is 3.88. The minimum Gasteiger partial charge on any atom is -0.383 e. The quantitative estimate of drug-likeness (QED) is 0.863. The first-order valence-electron chi connectivity index (χ1n) is 7.20. The first-order chi connectivity index (χ1) is 9.97. The van der Waals surface area contributed by atoms with Crippen molar-refractivity contribution in [2.45, 2.75) is 19.9 Å². The van der Waals surface area contributed by atoms with E-state index >= 15 is 0 Å². The van der Waals surface area contributed by atoms with Crippen LogP contribution in [0.15, 0.2) is 42.5 Å². The Bertz CT molecular complexity index is 591. The number of aryl methyl sites for hydroxylation is 2. The number of nitrogens with one attached hydrogen (secondary N) is 1. The highest BCUT2D eigenvalue weighted by Gasteiger charge is 2.13. The monoisotopic (exact) mass is 302 g/mol. The fraction of sp³-hybridized carbons (Fsp3) is 0.333. The van der Waals surface area contributed by atoms with Crippen LogP contribution in [0.3, 0.4) is 0 Å². The van der Waals surface area contributed by atoms with Crippen LogP contribution in [0, 0.1) is 13.8 Å². The number of rotatable bonds is 5. The largest absolute Gasteiger partial charge is 0.383 e. The van der Waals surface area contributed by atoms with E-state index in [0.717, 1.165) is 11.6 Å². The molecule has 2 nitrogen and oxygen atoms in total. The Morgan fingerprint density at radius 3 is 2.24 bits per heavy atom. The standard InChI is InChI=1S/C18H23ClN2/c1-13-5-10-17(11-14(13)2)20-12-18(21(3)4)15-6-8-16(19)9-7-15/h5-11,18,20H,12H2,1-4H3. The SMILES string of the molecule is Cc1ccc(NCC(c2ccc(Cl)cc2)N(C)C)cc1C. The average Bonchev–Trinajstić information content (AvgIpc) is 2.44. The van der Waals surface area contributed by atoms with Gasteiger partial charge in [0.05, 0.1) is 6.04 Å². The van der Waals surface area contributed by atoms with Crippen molar-refractivity contribution in [1.29, 1.82) is 0 Å². The second-order valence-electron chi connectivity index (χ2n) is 5.71. The molecule has 1 atom stereocenters. The molecular formula is C18H23ClN2. The average molecular weight is 303 g/mol. The van der Waals surface area contributed by atoms with E-state index in [1.54, 1.807) is 0 Å². The summed E-state index contributed by atoms with van der Waals surface area (Å²) in [4.78, 5) is 2.22. The molecule has 0 aliphatic carbocycles. The zero-order valence-corrected chi connectivity index (χ0v) is 13.9. The minimum atomic E-state index is 0.309. The summed E-state index contributed by atoms with van der Waals surface area (Å²) in [6, 6.07) is 14.9. The molecule has 2 rings (SSSR count). The van der Waals surface area contributed by atoms with E-state index < -0.39 is 0 Å². The molecule has 0 saturated heterocycles. The van der Waals surface area contributed by atoms with Crippen LogP contribution in [-0.2, 0) is 0 Å². The third-order valence-corrected chi connectivity index (χ3v) is 4.14. The van der Waals surface area contributed by atoms with E-state index in [2.05, 4.69) is 68.5 Å².